The lowest BCUT2D eigenvalue weighted by molar-refractivity contribution is 0.0937. The SMILES string of the molecule is O=C(NCC1CCCCC1CBr)c1ccc(Br)c(Cl)c1. The number of rotatable bonds is 4. The Hall–Kier alpha value is -0.0600. The second kappa shape index (κ2) is 7.81. The lowest BCUT2D eigenvalue weighted by Crippen LogP contribution is -2.34. The van der Waals surface area contributed by atoms with Crippen LogP contribution in [0.5, 0.6) is 0 Å². The first-order valence-electron chi connectivity index (χ1n) is 6.91. The summed E-state index contributed by atoms with van der Waals surface area (Å²) in [6.07, 6.45) is 5.05. The van der Waals surface area contributed by atoms with Crippen LogP contribution in [-0.4, -0.2) is 17.8 Å². The highest BCUT2D eigenvalue weighted by molar-refractivity contribution is 9.10. The zero-order valence-corrected chi connectivity index (χ0v) is 15.1. The van der Waals surface area contributed by atoms with Gasteiger partial charge in [0.25, 0.3) is 5.91 Å². The maximum Gasteiger partial charge on any atom is 0.251 e. The second-order valence-electron chi connectivity index (χ2n) is 5.30. The summed E-state index contributed by atoms with van der Waals surface area (Å²) in [5.41, 5.74) is 0.615. The number of carbonyl (C=O) groups excluding carboxylic acids is 1. The number of hydrogen-bond donors (Lipinski definition) is 1. The number of benzene rings is 1. The molecule has 2 rings (SSSR count). The topological polar surface area (TPSA) is 29.1 Å². The van der Waals surface area contributed by atoms with E-state index in [-0.39, 0.29) is 5.91 Å². The van der Waals surface area contributed by atoms with Crippen LogP contribution >= 0.6 is 43.5 Å². The van der Waals surface area contributed by atoms with Gasteiger partial charge in [0.05, 0.1) is 5.02 Å². The molecule has 2 nitrogen and oxygen atoms in total. The smallest absolute Gasteiger partial charge is 0.251 e. The Morgan fingerprint density at radius 2 is 2.00 bits per heavy atom. The van der Waals surface area contributed by atoms with Crippen molar-refractivity contribution in [2.24, 2.45) is 11.8 Å². The van der Waals surface area contributed by atoms with Crippen LogP contribution in [-0.2, 0) is 0 Å². The van der Waals surface area contributed by atoms with E-state index in [1.54, 1.807) is 18.2 Å². The van der Waals surface area contributed by atoms with Crippen LogP contribution in [0.2, 0.25) is 5.02 Å². The van der Waals surface area contributed by atoms with Gasteiger partial charge >= 0.3 is 0 Å². The third-order valence-corrected chi connectivity index (χ3v) is 6.04. The summed E-state index contributed by atoms with van der Waals surface area (Å²) in [5, 5.41) is 4.63. The molecule has 20 heavy (non-hydrogen) atoms. The second-order valence-corrected chi connectivity index (χ2v) is 7.21. The molecule has 0 radical (unpaired) electrons. The molecule has 1 aliphatic carbocycles. The van der Waals surface area contributed by atoms with Crippen LogP contribution in [0.25, 0.3) is 0 Å². The Bertz CT molecular complexity index is 481. The van der Waals surface area contributed by atoms with E-state index >= 15 is 0 Å². The van der Waals surface area contributed by atoms with Crippen molar-refractivity contribution in [3.8, 4) is 0 Å². The van der Waals surface area contributed by atoms with Crippen molar-refractivity contribution in [3.63, 3.8) is 0 Å². The number of halogens is 3. The van der Waals surface area contributed by atoms with Crippen molar-refractivity contribution in [2.75, 3.05) is 11.9 Å². The zero-order chi connectivity index (χ0) is 14.5. The van der Waals surface area contributed by atoms with Gasteiger partial charge in [0, 0.05) is 21.9 Å². The van der Waals surface area contributed by atoms with Crippen LogP contribution < -0.4 is 5.32 Å². The predicted molar refractivity (Wildman–Crippen MR) is 90.7 cm³/mol. The summed E-state index contributed by atoms with van der Waals surface area (Å²) in [6, 6.07) is 5.29. The summed E-state index contributed by atoms with van der Waals surface area (Å²) >= 11 is 12.9. The van der Waals surface area contributed by atoms with Gasteiger partial charge in [0.15, 0.2) is 0 Å². The monoisotopic (exact) mass is 421 g/mol. The molecule has 5 heteroatoms. The van der Waals surface area contributed by atoms with Crippen molar-refractivity contribution in [2.45, 2.75) is 25.7 Å². The number of alkyl halides is 1. The summed E-state index contributed by atoms with van der Waals surface area (Å²) in [4.78, 5) is 12.1. The van der Waals surface area contributed by atoms with Gasteiger partial charge in [-0.2, -0.15) is 0 Å². The van der Waals surface area contributed by atoms with E-state index in [2.05, 4.69) is 37.2 Å². The van der Waals surface area contributed by atoms with E-state index in [9.17, 15) is 4.79 Å². The maximum atomic E-state index is 12.1. The van der Waals surface area contributed by atoms with E-state index < -0.39 is 0 Å². The molecule has 1 N–H and O–H groups in total. The molecule has 0 bridgehead atoms. The Morgan fingerprint density at radius 3 is 2.65 bits per heavy atom. The Balaban J connectivity index is 1.92. The lowest BCUT2D eigenvalue weighted by atomic mass is 9.80. The Labute approximate surface area is 141 Å². The van der Waals surface area contributed by atoms with Crippen LogP contribution in [0.1, 0.15) is 36.0 Å². The third-order valence-electron chi connectivity index (χ3n) is 3.97. The van der Waals surface area contributed by atoms with Crippen molar-refractivity contribution < 1.29 is 4.79 Å². The van der Waals surface area contributed by atoms with Gasteiger partial charge in [0.2, 0.25) is 0 Å². The minimum atomic E-state index is -0.0432. The number of nitrogens with one attached hydrogen (secondary N) is 1. The Morgan fingerprint density at radius 1 is 1.30 bits per heavy atom. The average molecular weight is 424 g/mol. The highest BCUT2D eigenvalue weighted by Gasteiger charge is 2.24. The largest absolute Gasteiger partial charge is 0.352 e. The van der Waals surface area contributed by atoms with Crippen LogP contribution in [0.3, 0.4) is 0 Å². The minimum Gasteiger partial charge on any atom is -0.352 e. The van der Waals surface area contributed by atoms with Gasteiger partial charge in [-0.25, -0.2) is 0 Å². The normalized spacial score (nSPS) is 22.6. The van der Waals surface area contributed by atoms with Crippen LogP contribution in [0.15, 0.2) is 22.7 Å². The summed E-state index contributed by atoms with van der Waals surface area (Å²) in [6.45, 7) is 0.753. The molecule has 0 spiro atoms. The van der Waals surface area contributed by atoms with E-state index in [0.717, 1.165) is 16.3 Å². The molecular weight excluding hydrogens is 405 g/mol. The molecule has 1 aromatic carbocycles. The standard InChI is InChI=1S/C15H18Br2ClNO/c16-8-11-3-1-2-4-12(11)9-19-15(20)10-5-6-13(17)14(18)7-10/h5-7,11-12H,1-4,8-9H2,(H,19,20). The number of carbonyl (C=O) groups is 1. The van der Waals surface area contributed by atoms with E-state index in [0.29, 0.717) is 22.4 Å². The highest BCUT2D eigenvalue weighted by atomic mass is 79.9. The van der Waals surface area contributed by atoms with Crippen LogP contribution in [0.4, 0.5) is 0 Å². The molecule has 2 unspecified atom stereocenters. The van der Waals surface area contributed by atoms with E-state index in [1.807, 2.05) is 0 Å². The van der Waals surface area contributed by atoms with Crippen molar-refractivity contribution in [1.29, 1.82) is 0 Å². The first kappa shape index (κ1) is 16.3. The molecule has 1 saturated carbocycles. The minimum absolute atomic E-state index is 0.0432. The van der Waals surface area contributed by atoms with Gasteiger partial charge in [0.1, 0.15) is 0 Å². The summed E-state index contributed by atoms with van der Waals surface area (Å²) < 4.78 is 0.808. The van der Waals surface area contributed by atoms with E-state index in [1.165, 1.54) is 25.7 Å². The van der Waals surface area contributed by atoms with E-state index in [4.69, 9.17) is 11.6 Å². The summed E-state index contributed by atoms with van der Waals surface area (Å²) in [7, 11) is 0. The van der Waals surface area contributed by atoms with Crippen LogP contribution in [0, 0.1) is 11.8 Å². The van der Waals surface area contributed by atoms with Gasteiger partial charge in [-0.15, -0.1) is 0 Å². The average Bonchev–Trinajstić information content (AvgIpc) is 2.47. The molecule has 1 amide bonds. The fourth-order valence-corrected chi connectivity index (χ4v) is 4.00. The zero-order valence-electron chi connectivity index (χ0n) is 11.2. The number of hydrogen-bond acceptors (Lipinski definition) is 1. The fourth-order valence-electron chi connectivity index (χ4n) is 2.72. The molecule has 1 aromatic rings. The molecular formula is C15H18Br2ClNO. The lowest BCUT2D eigenvalue weighted by Gasteiger charge is -2.30. The first-order valence-corrected chi connectivity index (χ1v) is 9.20. The van der Waals surface area contributed by atoms with Gasteiger partial charge in [-0.1, -0.05) is 40.4 Å². The number of amides is 1. The van der Waals surface area contributed by atoms with Gasteiger partial charge in [-0.3, -0.25) is 4.79 Å². The Kier molecular flexibility index (Phi) is 6.37. The molecule has 110 valence electrons. The maximum absolute atomic E-state index is 12.1. The molecule has 1 fully saturated rings. The highest BCUT2D eigenvalue weighted by Crippen LogP contribution is 2.31. The molecule has 2 atom stereocenters. The molecule has 0 aliphatic heterocycles. The molecule has 0 heterocycles. The molecule has 1 aliphatic rings. The van der Waals surface area contributed by atoms with Gasteiger partial charge in [-0.05, 0) is 58.8 Å². The predicted octanol–water partition coefficient (Wildman–Crippen LogP) is 5.03. The molecule has 0 saturated heterocycles. The third kappa shape index (κ3) is 4.22. The summed E-state index contributed by atoms with van der Waals surface area (Å²) in [5.74, 6) is 1.22. The fraction of sp³-hybridized carbons (Fsp3) is 0.533. The van der Waals surface area contributed by atoms with Crippen molar-refractivity contribution in [3.05, 3.63) is 33.3 Å². The van der Waals surface area contributed by atoms with Gasteiger partial charge < -0.3 is 5.32 Å². The quantitative estimate of drug-likeness (QED) is 0.676. The van der Waals surface area contributed by atoms with Crippen molar-refractivity contribution in [1.82, 2.24) is 5.32 Å². The molecule has 0 aromatic heterocycles. The van der Waals surface area contributed by atoms with Crippen molar-refractivity contribution >= 4 is 49.4 Å². The first-order chi connectivity index (χ1) is 9.61.